The summed E-state index contributed by atoms with van der Waals surface area (Å²) in [6.45, 7) is 0. The molecule has 8 heteroatoms. The molecule has 0 bridgehead atoms. The molecule has 108 valence electrons. The van der Waals surface area contributed by atoms with E-state index < -0.39 is 32.1 Å². The molecule has 0 unspecified atom stereocenters. The molecule has 0 aliphatic rings. The third kappa shape index (κ3) is 3.09. The number of nitrogens with one attached hydrogen (secondary N) is 1. The summed E-state index contributed by atoms with van der Waals surface area (Å²) in [5, 5.41) is 8.85. The molecule has 0 aliphatic carbocycles. The Bertz CT molecular complexity index is 825. The Balaban J connectivity index is 2.48. The smallest absolute Gasteiger partial charge is 0.262 e. The standard InChI is InChI=1S/C13H9F2N3O2S/c14-8-4-9(17)6-10(5-8)21(19,20)18-13-3-1-2-12(15)11(13)7-16/h1-6,18H,17H2. The lowest BCUT2D eigenvalue weighted by Crippen LogP contribution is -2.15. The third-order valence-corrected chi connectivity index (χ3v) is 3.92. The van der Waals surface area contributed by atoms with Crippen molar-refractivity contribution in [1.82, 2.24) is 0 Å². The van der Waals surface area contributed by atoms with Crippen LogP contribution in [0.25, 0.3) is 0 Å². The van der Waals surface area contributed by atoms with Gasteiger partial charge in [0.25, 0.3) is 10.0 Å². The minimum Gasteiger partial charge on any atom is -0.399 e. The lowest BCUT2D eigenvalue weighted by atomic mass is 10.2. The summed E-state index contributed by atoms with van der Waals surface area (Å²) >= 11 is 0. The van der Waals surface area contributed by atoms with E-state index in [0.29, 0.717) is 0 Å². The van der Waals surface area contributed by atoms with Gasteiger partial charge in [-0.15, -0.1) is 0 Å². The molecule has 0 fully saturated rings. The van der Waals surface area contributed by atoms with Gasteiger partial charge in [-0.05, 0) is 30.3 Å². The van der Waals surface area contributed by atoms with E-state index in [9.17, 15) is 17.2 Å². The van der Waals surface area contributed by atoms with Crippen LogP contribution in [0.5, 0.6) is 0 Å². The van der Waals surface area contributed by atoms with E-state index >= 15 is 0 Å². The number of halogens is 2. The Kier molecular flexibility index (Phi) is 3.78. The summed E-state index contributed by atoms with van der Waals surface area (Å²) in [5.74, 6) is -1.69. The number of sulfonamides is 1. The van der Waals surface area contributed by atoms with Gasteiger partial charge in [-0.2, -0.15) is 5.26 Å². The van der Waals surface area contributed by atoms with Gasteiger partial charge < -0.3 is 5.73 Å². The van der Waals surface area contributed by atoms with Crippen LogP contribution < -0.4 is 10.5 Å². The highest BCUT2D eigenvalue weighted by Crippen LogP contribution is 2.23. The number of hydrogen-bond acceptors (Lipinski definition) is 4. The van der Waals surface area contributed by atoms with Crippen molar-refractivity contribution in [2.75, 3.05) is 10.5 Å². The van der Waals surface area contributed by atoms with Crippen molar-refractivity contribution in [2.45, 2.75) is 4.90 Å². The minimum absolute atomic E-state index is 0.0740. The second-order valence-corrected chi connectivity index (χ2v) is 5.78. The van der Waals surface area contributed by atoms with E-state index in [1.54, 1.807) is 6.07 Å². The summed E-state index contributed by atoms with van der Waals surface area (Å²) in [5.41, 5.74) is 4.62. The fourth-order valence-electron chi connectivity index (χ4n) is 1.67. The zero-order valence-electron chi connectivity index (χ0n) is 10.5. The van der Waals surface area contributed by atoms with E-state index in [0.717, 1.165) is 24.3 Å². The Morgan fingerprint density at radius 1 is 1.19 bits per heavy atom. The van der Waals surface area contributed by atoms with Crippen LogP contribution in [-0.4, -0.2) is 8.42 Å². The Labute approximate surface area is 119 Å². The predicted molar refractivity (Wildman–Crippen MR) is 72.7 cm³/mol. The average Bonchev–Trinajstić information content (AvgIpc) is 2.37. The van der Waals surface area contributed by atoms with Crippen molar-refractivity contribution in [2.24, 2.45) is 0 Å². The maximum Gasteiger partial charge on any atom is 0.262 e. The Hall–Kier alpha value is -2.66. The number of nitriles is 1. The molecule has 0 saturated heterocycles. The molecule has 0 radical (unpaired) electrons. The van der Waals surface area contributed by atoms with Gasteiger partial charge in [-0.25, -0.2) is 17.2 Å². The van der Waals surface area contributed by atoms with Gasteiger partial charge in [0.2, 0.25) is 0 Å². The number of anilines is 2. The van der Waals surface area contributed by atoms with Crippen molar-refractivity contribution >= 4 is 21.4 Å². The van der Waals surface area contributed by atoms with E-state index in [4.69, 9.17) is 11.0 Å². The molecule has 0 aromatic heterocycles. The molecular weight excluding hydrogens is 300 g/mol. The number of nitrogens with zero attached hydrogens (tertiary/aromatic N) is 1. The first-order chi connectivity index (χ1) is 9.83. The van der Waals surface area contributed by atoms with Crippen LogP contribution >= 0.6 is 0 Å². The quantitative estimate of drug-likeness (QED) is 0.850. The molecule has 0 spiro atoms. The Morgan fingerprint density at radius 3 is 2.52 bits per heavy atom. The number of rotatable bonds is 3. The monoisotopic (exact) mass is 309 g/mol. The van der Waals surface area contributed by atoms with Crippen LogP contribution in [0.3, 0.4) is 0 Å². The summed E-state index contributed by atoms with van der Waals surface area (Å²) in [7, 11) is -4.20. The summed E-state index contributed by atoms with van der Waals surface area (Å²) in [6.07, 6.45) is 0. The Morgan fingerprint density at radius 2 is 1.90 bits per heavy atom. The first-order valence-electron chi connectivity index (χ1n) is 5.61. The summed E-state index contributed by atoms with van der Waals surface area (Å²) in [4.78, 5) is -0.423. The topological polar surface area (TPSA) is 96.0 Å². The largest absolute Gasteiger partial charge is 0.399 e. The number of nitrogens with two attached hydrogens (primary N) is 1. The van der Waals surface area contributed by atoms with Crippen molar-refractivity contribution in [1.29, 1.82) is 5.26 Å². The summed E-state index contributed by atoms with van der Waals surface area (Å²) < 4.78 is 52.9. The molecule has 2 aromatic carbocycles. The maximum atomic E-state index is 13.4. The fraction of sp³-hybridized carbons (Fsp3) is 0. The van der Waals surface area contributed by atoms with E-state index in [1.807, 2.05) is 4.72 Å². The van der Waals surface area contributed by atoms with Crippen LogP contribution in [0.15, 0.2) is 41.3 Å². The minimum atomic E-state index is -4.20. The molecule has 21 heavy (non-hydrogen) atoms. The van der Waals surface area contributed by atoms with Gasteiger partial charge in [-0.1, -0.05) is 6.07 Å². The second-order valence-electron chi connectivity index (χ2n) is 4.10. The normalized spacial score (nSPS) is 10.9. The van der Waals surface area contributed by atoms with Crippen LogP contribution in [-0.2, 0) is 10.0 Å². The van der Waals surface area contributed by atoms with Crippen LogP contribution in [0.1, 0.15) is 5.56 Å². The summed E-state index contributed by atoms with van der Waals surface area (Å²) in [6, 6.07) is 7.83. The predicted octanol–water partition coefficient (Wildman–Crippen LogP) is 2.22. The molecule has 0 heterocycles. The van der Waals surface area contributed by atoms with Gasteiger partial charge in [0.1, 0.15) is 23.3 Å². The van der Waals surface area contributed by atoms with Crippen molar-refractivity contribution in [3.63, 3.8) is 0 Å². The highest BCUT2D eigenvalue weighted by Gasteiger charge is 2.19. The van der Waals surface area contributed by atoms with E-state index in [2.05, 4.69) is 0 Å². The van der Waals surface area contributed by atoms with Crippen LogP contribution in [0.2, 0.25) is 0 Å². The van der Waals surface area contributed by atoms with Gasteiger partial charge in [0, 0.05) is 5.69 Å². The highest BCUT2D eigenvalue weighted by atomic mass is 32.2. The zero-order valence-corrected chi connectivity index (χ0v) is 11.3. The molecule has 0 atom stereocenters. The van der Waals surface area contributed by atoms with Crippen molar-refractivity contribution in [3.8, 4) is 6.07 Å². The lowest BCUT2D eigenvalue weighted by molar-refractivity contribution is 0.595. The molecular formula is C13H9F2N3O2S. The van der Waals surface area contributed by atoms with Gasteiger partial charge in [-0.3, -0.25) is 4.72 Å². The molecule has 2 rings (SSSR count). The van der Waals surface area contributed by atoms with Gasteiger partial charge in [0.05, 0.1) is 10.6 Å². The molecule has 0 amide bonds. The van der Waals surface area contributed by atoms with Gasteiger partial charge in [0.15, 0.2) is 0 Å². The van der Waals surface area contributed by atoms with E-state index in [1.165, 1.54) is 12.1 Å². The first kappa shape index (κ1) is 14.7. The zero-order chi connectivity index (χ0) is 15.6. The molecule has 0 aliphatic heterocycles. The first-order valence-corrected chi connectivity index (χ1v) is 7.09. The van der Waals surface area contributed by atoms with Gasteiger partial charge >= 0.3 is 0 Å². The van der Waals surface area contributed by atoms with Crippen molar-refractivity contribution < 1.29 is 17.2 Å². The van der Waals surface area contributed by atoms with Crippen LogP contribution in [0, 0.1) is 23.0 Å². The molecule has 0 saturated carbocycles. The number of hydrogen-bond donors (Lipinski definition) is 2. The average molecular weight is 309 g/mol. The highest BCUT2D eigenvalue weighted by molar-refractivity contribution is 7.92. The number of benzene rings is 2. The fourth-order valence-corrected chi connectivity index (χ4v) is 2.80. The second kappa shape index (κ2) is 5.38. The molecule has 2 aromatic rings. The van der Waals surface area contributed by atoms with E-state index in [-0.39, 0.29) is 11.4 Å². The van der Waals surface area contributed by atoms with Crippen LogP contribution in [0.4, 0.5) is 20.2 Å². The molecule has 3 N–H and O–H groups in total. The SMILES string of the molecule is N#Cc1c(F)cccc1NS(=O)(=O)c1cc(N)cc(F)c1. The maximum absolute atomic E-state index is 13.4. The lowest BCUT2D eigenvalue weighted by Gasteiger charge is -2.10. The van der Waals surface area contributed by atoms with Crippen molar-refractivity contribution in [3.05, 3.63) is 53.6 Å². The molecule has 5 nitrogen and oxygen atoms in total. The number of nitrogen functional groups attached to an aromatic ring is 1. The third-order valence-electron chi connectivity index (χ3n) is 2.57.